The van der Waals surface area contributed by atoms with Gasteiger partial charge in [0.15, 0.2) is 0 Å². The summed E-state index contributed by atoms with van der Waals surface area (Å²) in [5, 5.41) is 3.32. The fraction of sp³-hybridized carbons (Fsp3) is 0.400. The zero-order valence-electron chi connectivity index (χ0n) is 15.7. The molecule has 0 radical (unpaired) electrons. The number of halogens is 1. The number of nitrogens with one attached hydrogen (secondary N) is 1. The molecule has 148 valence electrons. The van der Waals surface area contributed by atoms with Crippen molar-refractivity contribution >= 4 is 22.4 Å². The SMILES string of the molecule is CCc1ccc(C2CNCCN2S(=O)(=O)c2ccc(COC)cc2)cc1.Cl. The third kappa shape index (κ3) is 4.89. The maximum atomic E-state index is 13.2. The molecule has 0 aromatic heterocycles. The second-order valence-corrected chi connectivity index (χ2v) is 8.40. The number of nitrogens with zero attached hydrogens (tertiary/aromatic N) is 1. The van der Waals surface area contributed by atoms with Gasteiger partial charge in [0, 0.05) is 26.7 Å². The molecule has 5 nitrogen and oxygen atoms in total. The number of piperazine rings is 1. The average Bonchev–Trinajstić information content (AvgIpc) is 2.69. The summed E-state index contributed by atoms with van der Waals surface area (Å²) in [6.07, 6.45) is 0.971. The highest BCUT2D eigenvalue weighted by molar-refractivity contribution is 7.89. The lowest BCUT2D eigenvalue weighted by atomic mass is 10.0. The van der Waals surface area contributed by atoms with E-state index in [0.29, 0.717) is 31.1 Å². The second-order valence-electron chi connectivity index (χ2n) is 6.51. The molecule has 1 atom stereocenters. The second kappa shape index (κ2) is 9.66. The van der Waals surface area contributed by atoms with Gasteiger partial charge in [0.25, 0.3) is 0 Å². The molecular weight excluding hydrogens is 384 g/mol. The Morgan fingerprint density at radius 3 is 2.30 bits per heavy atom. The number of benzene rings is 2. The van der Waals surface area contributed by atoms with Gasteiger partial charge in [0.05, 0.1) is 17.5 Å². The first-order chi connectivity index (χ1) is 12.6. The van der Waals surface area contributed by atoms with Crippen LogP contribution in [0.3, 0.4) is 0 Å². The fourth-order valence-electron chi connectivity index (χ4n) is 3.29. The molecule has 1 unspecified atom stereocenters. The Bertz CT molecular complexity index is 823. The molecule has 1 aliphatic rings. The largest absolute Gasteiger partial charge is 0.380 e. The summed E-state index contributed by atoms with van der Waals surface area (Å²) >= 11 is 0. The van der Waals surface area contributed by atoms with Gasteiger partial charge in [-0.25, -0.2) is 8.42 Å². The minimum Gasteiger partial charge on any atom is -0.380 e. The zero-order chi connectivity index (χ0) is 18.6. The fourth-order valence-corrected chi connectivity index (χ4v) is 4.91. The maximum Gasteiger partial charge on any atom is 0.243 e. The molecule has 0 aliphatic carbocycles. The van der Waals surface area contributed by atoms with E-state index < -0.39 is 10.0 Å². The van der Waals surface area contributed by atoms with E-state index in [4.69, 9.17) is 4.74 Å². The summed E-state index contributed by atoms with van der Waals surface area (Å²) in [4.78, 5) is 0.328. The minimum atomic E-state index is -3.55. The van der Waals surface area contributed by atoms with Gasteiger partial charge >= 0.3 is 0 Å². The van der Waals surface area contributed by atoms with Crippen molar-refractivity contribution in [2.45, 2.75) is 30.9 Å². The summed E-state index contributed by atoms with van der Waals surface area (Å²) in [7, 11) is -1.93. The number of sulfonamides is 1. The maximum absolute atomic E-state index is 13.2. The van der Waals surface area contributed by atoms with Crippen LogP contribution in [0, 0.1) is 0 Å². The summed E-state index contributed by atoms with van der Waals surface area (Å²) in [6.45, 7) is 4.32. The van der Waals surface area contributed by atoms with Crippen molar-refractivity contribution in [1.82, 2.24) is 9.62 Å². The highest BCUT2D eigenvalue weighted by Gasteiger charge is 2.34. The molecule has 0 saturated carbocycles. The lowest BCUT2D eigenvalue weighted by Gasteiger charge is -2.35. The van der Waals surface area contributed by atoms with E-state index in [0.717, 1.165) is 17.5 Å². The summed E-state index contributed by atoms with van der Waals surface area (Å²) in [5.41, 5.74) is 3.23. The van der Waals surface area contributed by atoms with Crippen molar-refractivity contribution in [3.8, 4) is 0 Å². The van der Waals surface area contributed by atoms with Crippen molar-refractivity contribution in [3.05, 3.63) is 65.2 Å². The molecule has 1 fully saturated rings. The summed E-state index contributed by atoms with van der Waals surface area (Å²) < 4.78 is 33.2. The predicted octanol–water partition coefficient (Wildman–Crippen LogP) is 3.15. The van der Waals surface area contributed by atoms with Crippen molar-refractivity contribution in [3.63, 3.8) is 0 Å². The first-order valence-corrected chi connectivity index (χ1v) is 10.4. The first kappa shape index (κ1) is 21.9. The molecule has 1 aliphatic heterocycles. The molecule has 27 heavy (non-hydrogen) atoms. The molecule has 7 heteroatoms. The third-order valence-electron chi connectivity index (χ3n) is 4.81. The van der Waals surface area contributed by atoms with Crippen LogP contribution < -0.4 is 5.32 Å². The van der Waals surface area contributed by atoms with E-state index in [1.165, 1.54) is 5.56 Å². The molecule has 0 spiro atoms. The molecule has 1 saturated heterocycles. The van der Waals surface area contributed by atoms with E-state index >= 15 is 0 Å². The predicted molar refractivity (Wildman–Crippen MR) is 110 cm³/mol. The van der Waals surface area contributed by atoms with Gasteiger partial charge in [-0.3, -0.25) is 0 Å². The molecule has 2 aromatic carbocycles. The highest BCUT2D eigenvalue weighted by atomic mass is 35.5. The molecular formula is C20H27ClN2O3S. The van der Waals surface area contributed by atoms with Crippen molar-refractivity contribution in [2.75, 3.05) is 26.7 Å². The van der Waals surface area contributed by atoms with E-state index in [2.05, 4.69) is 24.4 Å². The standard InChI is InChI=1S/C20H26N2O3S.ClH/c1-3-16-4-8-18(9-5-16)20-14-21-12-13-22(20)26(23,24)19-10-6-17(7-11-19)15-25-2;/h4-11,20-21H,3,12-15H2,1-2H3;1H. The van der Waals surface area contributed by atoms with Gasteiger partial charge in [0.1, 0.15) is 0 Å². The number of rotatable bonds is 6. The Labute approximate surface area is 168 Å². The van der Waals surface area contributed by atoms with Crippen LogP contribution in [-0.4, -0.2) is 39.5 Å². The molecule has 2 aromatic rings. The molecule has 1 N–H and O–H groups in total. The number of aryl methyl sites for hydroxylation is 1. The quantitative estimate of drug-likeness (QED) is 0.794. The van der Waals surface area contributed by atoms with Gasteiger partial charge < -0.3 is 10.1 Å². The Balaban J connectivity index is 0.00000261. The Morgan fingerprint density at radius 2 is 1.70 bits per heavy atom. The van der Waals surface area contributed by atoms with Crippen molar-refractivity contribution in [1.29, 1.82) is 0 Å². The Morgan fingerprint density at radius 1 is 1.07 bits per heavy atom. The number of hydrogen-bond acceptors (Lipinski definition) is 4. The van der Waals surface area contributed by atoms with Gasteiger partial charge in [-0.1, -0.05) is 43.3 Å². The molecule has 1 heterocycles. The van der Waals surface area contributed by atoms with Crippen LogP contribution >= 0.6 is 12.4 Å². The van der Waals surface area contributed by atoms with Gasteiger partial charge in [-0.05, 0) is 35.2 Å². The highest BCUT2D eigenvalue weighted by Crippen LogP contribution is 2.29. The lowest BCUT2D eigenvalue weighted by molar-refractivity contribution is 0.185. The summed E-state index contributed by atoms with van der Waals surface area (Å²) in [5.74, 6) is 0. The Kier molecular flexibility index (Phi) is 7.82. The molecule has 0 bridgehead atoms. The van der Waals surface area contributed by atoms with Crippen LogP contribution in [0.25, 0.3) is 0 Å². The van der Waals surface area contributed by atoms with E-state index in [1.54, 1.807) is 23.5 Å². The first-order valence-electron chi connectivity index (χ1n) is 8.95. The van der Waals surface area contributed by atoms with Gasteiger partial charge in [-0.15, -0.1) is 12.4 Å². The zero-order valence-corrected chi connectivity index (χ0v) is 17.4. The van der Waals surface area contributed by atoms with Crippen LogP contribution in [0.1, 0.15) is 29.7 Å². The third-order valence-corrected chi connectivity index (χ3v) is 6.73. The van der Waals surface area contributed by atoms with Crippen molar-refractivity contribution < 1.29 is 13.2 Å². The van der Waals surface area contributed by atoms with Crippen LogP contribution in [0.4, 0.5) is 0 Å². The molecule has 0 amide bonds. The number of ether oxygens (including phenoxy) is 1. The summed E-state index contributed by atoms with van der Waals surface area (Å²) in [6, 6.07) is 15.0. The number of hydrogen-bond donors (Lipinski definition) is 1. The average molecular weight is 411 g/mol. The van der Waals surface area contributed by atoms with E-state index in [-0.39, 0.29) is 18.4 Å². The van der Waals surface area contributed by atoms with E-state index in [9.17, 15) is 8.42 Å². The van der Waals surface area contributed by atoms with Gasteiger partial charge in [-0.2, -0.15) is 4.31 Å². The lowest BCUT2D eigenvalue weighted by Crippen LogP contribution is -2.48. The van der Waals surface area contributed by atoms with Crippen LogP contribution in [0.15, 0.2) is 53.4 Å². The van der Waals surface area contributed by atoms with Crippen LogP contribution in [0.2, 0.25) is 0 Å². The topological polar surface area (TPSA) is 58.6 Å². The Hall–Kier alpha value is -1.44. The monoisotopic (exact) mass is 410 g/mol. The van der Waals surface area contributed by atoms with Crippen LogP contribution in [0.5, 0.6) is 0 Å². The van der Waals surface area contributed by atoms with Gasteiger partial charge in [0.2, 0.25) is 10.0 Å². The normalized spacial score (nSPS) is 18.1. The van der Waals surface area contributed by atoms with Crippen LogP contribution in [-0.2, 0) is 27.8 Å². The smallest absolute Gasteiger partial charge is 0.243 e. The number of methoxy groups -OCH3 is 1. The minimum absolute atomic E-state index is 0. The van der Waals surface area contributed by atoms with Crippen molar-refractivity contribution in [2.24, 2.45) is 0 Å². The molecule has 3 rings (SSSR count). The van der Waals surface area contributed by atoms with E-state index in [1.807, 2.05) is 24.3 Å².